The van der Waals surface area contributed by atoms with Gasteiger partial charge in [-0.05, 0) is 36.4 Å². The molecule has 0 atom stereocenters. The second-order valence-corrected chi connectivity index (χ2v) is 8.25. The van der Waals surface area contributed by atoms with Gasteiger partial charge in [0, 0.05) is 0 Å². The summed E-state index contributed by atoms with van der Waals surface area (Å²) in [7, 11) is -24.0. The van der Waals surface area contributed by atoms with E-state index in [1.54, 1.807) is 0 Å². The van der Waals surface area contributed by atoms with Gasteiger partial charge < -0.3 is 69.1 Å². The lowest BCUT2D eigenvalue weighted by molar-refractivity contribution is 0.366. The van der Waals surface area contributed by atoms with Gasteiger partial charge in [-0.25, -0.2) is 0 Å². The van der Waals surface area contributed by atoms with Gasteiger partial charge in [0.15, 0.2) is 14.7 Å². The minimum atomic E-state index is -6.00. The second-order valence-electron chi connectivity index (χ2n) is 6.22. The zero-order chi connectivity index (χ0) is 30.9. The van der Waals surface area contributed by atoms with E-state index in [-0.39, 0.29) is 10.9 Å². The Morgan fingerprint density at radius 3 is 0.538 bits per heavy atom. The fourth-order valence-corrected chi connectivity index (χ4v) is 4.18. The van der Waals surface area contributed by atoms with E-state index in [2.05, 4.69) is 91.0 Å². The van der Waals surface area contributed by atoms with Crippen molar-refractivity contribution in [1.29, 1.82) is 0 Å². The molecule has 39 heavy (non-hydrogen) atoms. The average molecular weight is 611 g/mol. The van der Waals surface area contributed by atoms with E-state index in [9.17, 15) is 69.1 Å². The van der Waals surface area contributed by atoms with Gasteiger partial charge in [0.2, 0.25) is 0 Å². The third-order valence-electron chi connectivity index (χ3n) is 2.94. The topological polar surface area (TPSA) is 0 Å². The molecule has 3 rings (SSSR count). The molecule has 0 bridgehead atoms. The summed E-state index contributed by atoms with van der Waals surface area (Å²) in [4.78, 5) is 4.08. The molecule has 220 valence electrons. The molecule has 0 N–H and O–H groups in total. The van der Waals surface area contributed by atoms with Crippen LogP contribution >= 0.6 is 0 Å². The highest BCUT2D eigenvalue weighted by molar-refractivity contribution is 7.97. The predicted octanol–water partition coefficient (Wildman–Crippen LogP) is 9.98. The number of benzene rings is 3. The molecule has 0 fully saturated rings. The van der Waals surface area contributed by atoms with Gasteiger partial charge in [0.05, 0.1) is 10.9 Å². The second kappa shape index (κ2) is 17.7. The molecular formula is C18H15B4F16S-3. The summed E-state index contributed by atoms with van der Waals surface area (Å²) in [5.74, 6) is 0. The standard InChI is InChI=1S/C18H15S.4BF4/c1-4-10-16(11-5-1)19(17-12-6-2-7-13-17)18-14-8-3-9-15-18;4*2-1(3,4)5/h1-15H;;;;/q+1;4*-1. The lowest BCUT2D eigenvalue weighted by atomic mass is 10.3. The van der Waals surface area contributed by atoms with E-state index in [0.717, 1.165) is 0 Å². The van der Waals surface area contributed by atoms with Crippen LogP contribution in [0.2, 0.25) is 0 Å². The lowest BCUT2D eigenvalue weighted by Gasteiger charge is -2.07. The zero-order valence-electron chi connectivity index (χ0n) is 18.9. The highest BCUT2D eigenvalue weighted by Crippen LogP contribution is 2.30. The van der Waals surface area contributed by atoms with E-state index >= 15 is 0 Å². The zero-order valence-corrected chi connectivity index (χ0v) is 19.7. The number of hydrogen-bond donors (Lipinski definition) is 0. The van der Waals surface area contributed by atoms with E-state index < -0.39 is 29.0 Å². The van der Waals surface area contributed by atoms with Crippen molar-refractivity contribution < 1.29 is 69.1 Å². The molecule has 0 aliphatic rings. The van der Waals surface area contributed by atoms with Gasteiger partial charge in [-0.1, -0.05) is 54.6 Å². The van der Waals surface area contributed by atoms with Gasteiger partial charge >= 0.3 is 29.0 Å². The van der Waals surface area contributed by atoms with Crippen molar-refractivity contribution in [2.45, 2.75) is 14.7 Å². The molecule has 0 amide bonds. The Kier molecular flexibility index (Phi) is 17.4. The summed E-state index contributed by atoms with van der Waals surface area (Å²) in [5.41, 5.74) is 0. The minimum Gasteiger partial charge on any atom is -0.418 e. The van der Waals surface area contributed by atoms with Gasteiger partial charge in [-0.15, -0.1) is 0 Å². The van der Waals surface area contributed by atoms with Crippen molar-refractivity contribution >= 4 is 39.9 Å². The summed E-state index contributed by atoms with van der Waals surface area (Å²) >= 11 is 0. The first-order chi connectivity index (χ1) is 17.4. The lowest BCUT2D eigenvalue weighted by Crippen LogP contribution is -2.04. The normalized spacial score (nSPS) is 11.3. The average Bonchev–Trinajstić information content (AvgIpc) is 2.72. The van der Waals surface area contributed by atoms with Crippen LogP contribution in [0.3, 0.4) is 0 Å². The molecule has 0 heterocycles. The number of rotatable bonds is 3. The van der Waals surface area contributed by atoms with Crippen molar-refractivity contribution in [3.05, 3.63) is 91.0 Å². The van der Waals surface area contributed by atoms with Crippen molar-refractivity contribution in [3.8, 4) is 0 Å². The van der Waals surface area contributed by atoms with Crippen LogP contribution in [0, 0.1) is 0 Å². The first-order valence-electron chi connectivity index (χ1n) is 9.84. The Morgan fingerprint density at radius 2 is 0.410 bits per heavy atom. The summed E-state index contributed by atoms with van der Waals surface area (Å²) in [6.45, 7) is 0. The maximum Gasteiger partial charge on any atom is 0.673 e. The molecule has 0 saturated heterocycles. The minimum absolute atomic E-state index is 0.0146. The van der Waals surface area contributed by atoms with E-state index in [1.807, 2.05) is 0 Å². The van der Waals surface area contributed by atoms with Gasteiger partial charge in [-0.3, -0.25) is 0 Å². The summed E-state index contributed by atoms with van der Waals surface area (Å²) in [5, 5.41) is 0. The highest BCUT2D eigenvalue weighted by atomic mass is 32.2. The largest absolute Gasteiger partial charge is 0.673 e. The SMILES string of the molecule is F[B-](F)(F)F.F[B-](F)(F)F.F[B-](F)(F)F.F[B-](F)(F)F.c1ccc([S+](c2ccccc2)c2ccccc2)cc1. The van der Waals surface area contributed by atoms with Crippen molar-refractivity contribution in [3.63, 3.8) is 0 Å². The molecule has 0 unspecified atom stereocenters. The van der Waals surface area contributed by atoms with Crippen LogP contribution in [-0.2, 0) is 10.9 Å². The highest BCUT2D eigenvalue weighted by Gasteiger charge is 2.27. The fourth-order valence-electron chi connectivity index (χ4n) is 2.08. The van der Waals surface area contributed by atoms with Crippen molar-refractivity contribution in [2.24, 2.45) is 0 Å². The van der Waals surface area contributed by atoms with Crippen molar-refractivity contribution in [2.75, 3.05) is 0 Å². The van der Waals surface area contributed by atoms with Crippen LogP contribution in [0.25, 0.3) is 0 Å². The number of hydrogen-bond acceptors (Lipinski definition) is 0. The van der Waals surface area contributed by atoms with Gasteiger partial charge in [-0.2, -0.15) is 0 Å². The molecule has 0 aliphatic heterocycles. The summed E-state index contributed by atoms with van der Waals surface area (Å²) in [6, 6.07) is 32.2. The Balaban J connectivity index is 0. The van der Waals surface area contributed by atoms with Crippen LogP contribution < -0.4 is 0 Å². The van der Waals surface area contributed by atoms with Crippen LogP contribution in [-0.4, -0.2) is 29.0 Å². The third-order valence-corrected chi connectivity index (χ3v) is 5.17. The summed E-state index contributed by atoms with van der Waals surface area (Å²) in [6.07, 6.45) is 0. The molecule has 3 aromatic carbocycles. The van der Waals surface area contributed by atoms with Crippen molar-refractivity contribution in [1.82, 2.24) is 0 Å². The van der Waals surface area contributed by atoms with E-state index in [1.165, 1.54) is 14.7 Å². The van der Waals surface area contributed by atoms with E-state index in [4.69, 9.17) is 0 Å². The van der Waals surface area contributed by atoms with Crippen LogP contribution in [0.5, 0.6) is 0 Å². The Bertz CT molecular complexity index is 831. The maximum atomic E-state index is 9.75. The Morgan fingerprint density at radius 1 is 0.282 bits per heavy atom. The first-order valence-corrected chi connectivity index (χ1v) is 11.1. The van der Waals surface area contributed by atoms with Gasteiger partial charge in [0.25, 0.3) is 0 Å². The van der Waals surface area contributed by atoms with E-state index in [0.29, 0.717) is 0 Å². The molecule has 3 aromatic rings. The smallest absolute Gasteiger partial charge is 0.418 e. The molecule has 0 nitrogen and oxygen atoms in total. The number of halogens is 16. The Labute approximate surface area is 215 Å². The molecule has 21 heteroatoms. The Hall–Kier alpha value is -2.85. The summed E-state index contributed by atoms with van der Waals surface area (Å²) < 4.78 is 156. The molecule has 0 aromatic heterocycles. The van der Waals surface area contributed by atoms with Gasteiger partial charge in [0.1, 0.15) is 0 Å². The first kappa shape index (κ1) is 38.3. The third kappa shape index (κ3) is 35.1. The fraction of sp³-hybridized carbons (Fsp3) is 0. The maximum absolute atomic E-state index is 9.75. The monoisotopic (exact) mass is 611 g/mol. The van der Waals surface area contributed by atoms with Crippen LogP contribution in [0.15, 0.2) is 106 Å². The molecule has 0 aliphatic carbocycles. The molecule has 0 spiro atoms. The molecule has 0 saturated carbocycles. The molecule has 0 radical (unpaired) electrons. The predicted molar refractivity (Wildman–Crippen MR) is 122 cm³/mol. The quantitative estimate of drug-likeness (QED) is 0.157. The van der Waals surface area contributed by atoms with Crippen LogP contribution in [0.4, 0.5) is 69.1 Å². The van der Waals surface area contributed by atoms with Crippen LogP contribution in [0.1, 0.15) is 0 Å². The molecular weight excluding hydrogens is 595 g/mol.